The predicted octanol–water partition coefficient (Wildman–Crippen LogP) is 1.35. The molecule has 0 unspecified atom stereocenters. The average Bonchev–Trinajstić information content (AvgIpc) is 2.45. The van der Waals surface area contributed by atoms with E-state index in [-0.39, 0.29) is 11.1 Å². The molecule has 8 heteroatoms. The highest BCUT2D eigenvalue weighted by Crippen LogP contribution is 2.23. The van der Waals surface area contributed by atoms with Crippen molar-refractivity contribution in [3.05, 3.63) is 55.0 Å². The van der Waals surface area contributed by atoms with Crippen LogP contribution in [-0.4, -0.2) is 20.2 Å². The van der Waals surface area contributed by atoms with Crippen LogP contribution < -0.4 is 16.4 Å². The van der Waals surface area contributed by atoms with Crippen LogP contribution in [0, 0.1) is 3.57 Å². The number of hydrogen-bond acceptors (Lipinski definition) is 5. The lowest BCUT2D eigenvalue weighted by Crippen LogP contribution is -2.19. The lowest BCUT2D eigenvalue weighted by Gasteiger charge is -2.08. The molecule has 0 saturated heterocycles. The Morgan fingerprint density at radius 3 is 2.75 bits per heavy atom. The second-order valence-electron chi connectivity index (χ2n) is 3.98. The Hall–Kier alpha value is -2.23. The summed E-state index contributed by atoms with van der Waals surface area (Å²) in [7, 11) is 0. The quantitative estimate of drug-likeness (QED) is 0.582. The maximum atomic E-state index is 11.9. The van der Waals surface area contributed by atoms with Crippen LogP contribution in [0.2, 0.25) is 0 Å². The van der Waals surface area contributed by atoms with Gasteiger partial charge in [-0.15, -0.1) is 0 Å². The van der Waals surface area contributed by atoms with E-state index in [0.29, 0.717) is 22.3 Å². The van der Waals surface area contributed by atoms with Gasteiger partial charge in [-0.2, -0.15) is 0 Å². The maximum Gasteiger partial charge on any atom is 0.272 e. The summed E-state index contributed by atoms with van der Waals surface area (Å²) in [6, 6.07) is 5.02. The summed E-state index contributed by atoms with van der Waals surface area (Å²) in [5.41, 5.74) is -0.195. The molecule has 2 heterocycles. The van der Waals surface area contributed by atoms with Gasteiger partial charge in [0.2, 0.25) is 0 Å². The van der Waals surface area contributed by atoms with Crippen molar-refractivity contribution in [1.82, 2.24) is 20.2 Å². The molecular weight excluding hydrogens is 373 g/mol. The van der Waals surface area contributed by atoms with Gasteiger partial charge >= 0.3 is 0 Å². The van der Waals surface area contributed by atoms with Crippen LogP contribution in [0.1, 0.15) is 0 Å². The SMILES string of the molecule is O=c1[nH][nH]c(=O)c2c(Nc3ncncc3I)cccc12. The highest BCUT2D eigenvalue weighted by atomic mass is 127. The van der Waals surface area contributed by atoms with Gasteiger partial charge in [0, 0.05) is 6.20 Å². The van der Waals surface area contributed by atoms with Gasteiger partial charge in [0.05, 0.1) is 20.0 Å². The largest absolute Gasteiger partial charge is 0.339 e. The summed E-state index contributed by atoms with van der Waals surface area (Å²) >= 11 is 2.08. The number of benzene rings is 1. The molecule has 3 rings (SSSR count). The third kappa shape index (κ3) is 2.18. The van der Waals surface area contributed by atoms with Gasteiger partial charge < -0.3 is 5.32 Å². The average molecular weight is 381 g/mol. The number of anilines is 2. The molecule has 0 bridgehead atoms. The van der Waals surface area contributed by atoms with Crippen LogP contribution in [0.15, 0.2) is 40.3 Å². The van der Waals surface area contributed by atoms with E-state index in [1.54, 1.807) is 24.4 Å². The summed E-state index contributed by atoms with van der Waals surface area (Å²) < 4.78 is 0.809. The molecule has 0 saturated carbocycles. The van der Waals surface area contributed by atoms with E-state index < -0.39 is 0 Å². The highest BCUT2D eigenvalue weighted by molar-refractivity contribution is 14.1. The predicted molar refractivity (Wildman–Crippen MR) is 83.2 cm³/mol. The fourth-order valence-electron chi connectivity index (χ4n) is 1.87. The Morgan fingerprint density at radius 1 is 1.15 bits per heavy atom. The molecule has 1 aromatic carbocycles. The van der Waals surface area contributed by atoms with Gasteiger partial charge in [-0.25, -0.2) is 9.97 Å². The van der Waals surface area contributed by atoms with Crippen molar-refractivity contribution >= 4 is 44.9 Å². The van der Waals surface area contributed by atoms with Gasteiger partial charge in [-0.3, -0.25) is 19.8 Å². The number of nitrogens with zero attached hydrogens (tertiary/aromatic N) is 2. The lowest BCUT2D eigenvalue weighted by atomic mass is 10.1. The van der Waals surface area contributed by atoms with Crippen molar-refractivity contribution in [3.8, 4) is 0 Å². The zero-order chi connectivity index (χ0) is 14.1. The smallest absolute Gasteiger partial charge is 0.272 e. The third-order valence-corrected chi connectivity index (χ3v) is 3.54. The first-order valence-corrected chi connectivity index (χ1v) is 6.71. The zero-order valence-corrected chi connectivity index (χ0v) is 12.1. The molecule has 2 aromatic heterocycles. The molecule has 0 radical (unpaired) electrons. The van der Waals surface area contributed by atoms with E-state index in [9.17, 15) is 9.59 Å². The van der Waals surface area contributed by atoms with Gasteiger partial charge in [-0.05, 0) is 34.7 Å². The molecule has 7 nitrogen and oxygen atoms in total. The van der Waals surface area contributed by atoms with Gasteiger partial charge in [0.25, 0.3) is 11.1 Å². The molecule has 100 valence electrons. The highest BCUT2D eigenvalue weighted by Gasteiger charge is 2.10. The Bertz CT molecular complexity index is 902. The fraction of sp³-hybridized carbons (Fsp3) is 0. The van der Waals surface area contributed by atoms with E-state index in [1.165, 1.54) is 6.33 Å². The van der Waals surface area contributed by atoms with Crippen molar-refractivity contribution in [2.75, 3.05) is 5.32 Å². The normalized spacial score (nSPS) is 10.7. The molecule has 0 aliphatic carbocycles. The molecule has 3 aromatic rings. The van der Waals surface area contributed by atoms with Crippen molar-refractivity contribution in [2.45, 2.75) is 0 Å². The van der Waals surface area contributed by atoms with E-state index in [4.69, 9.17) is 0 Å². The minimum absolute atomic E-state index is 0.297. The Kier molecular flexibility index (Phi) is 3.22. The van der Waals surface area contributed by atoms with Crippen LogP contribution in [0.5, 0.6) is 0 Å². The first-order chi connectivity index (χ1) is 9.66. The molecule has 0 spiro atoms. The van der Waals surface area contributed by atoms with E-state index in [0.717, 1.165) is 3.57 Å². The summed E-state index contributed by atoms with van der Waals surface area (Å²) in [4.78, 5) is 31.7. The number of halogens is 1. The number of rotatable bonds is 2. The van der Waals surface area contributed by atoms with Crippen molar-refractivity contribution in [2.24, 2.45) is 0 Å². The maximum absolute atomic E-state index is 11.9. The molecule has 0 fully saturated rings. The molecule has 0 atom stereocenters. The number of aromatic amines is 2. The Morgan fingerprint density at radius 2 is 1.95 bits per heavy atom. The minimum atomic E-state index is -0.369. The monoisotopic (exact) mass is 381 g/mol. The molecule has 0 amide bonds. The van der Waals surface area contributed by atoms with Gasteiger partial charge in [-0.1, -0.05) is 6.07 Å². The molecular formula is C12H8IN5O2. The topological polar surface area (TPSA) is 104 Å². The van der Waals surface area contributed by atoms with Crippen LogP contribution in [0.25, 0.3) is 10.8 Å². The van der Waals surface area contributed by atoms with Crippen LogP contribution in [-0.2, 0) is 0 Å². The van der Waals surface area contributed by atoms with E-state index in [2.05, 4.69) is 48.1 Å². The zero-order valence-electron chi connectivity index (χ0n) is 9.98. The number of nitrogens with one attached hydrogen (secondary N) is 3. The molecule has 3 N–H and O–H groups in total. The molecule has 0 aliphatic heterocycles. The minimum Gasteiger partial charge on any atom is -0.339 e. The van der Waals surface area contributed by atoms with Gasteiger partial charge in [0.15, 0.2) is 0 Å². The molecule has 0 aliphatic rings. The van der Waals surface area contributed by atoms with Crippen LogP contribution in [0.3, 0.4) is 0 Å². The van der Waals surface area contributed by atoms with Crippen molar-refractivity contribution in [1.29, 1.82) is 0 Å². The third-order valence-electron chi connectivity index (χ3n) is 2.75. The van der Waals surface area contributed by atoms with E-state index >= 15 is 0 Å². The summed E-state index contributed by atoms with van der Waals surface area (Å²) in [6.07, 6.45) is 3.06. The van der Waals surface area contributed by atoms with Crippen molar-refractivity contribution in [3.63, 3.8) is 0 Å². The van der Waals surface area contributed by atoms with Crippen LogP contribution >= 0.6 is 22.6 Å². The summed E-state index contributed by atoms with van der Waals surface area (Å²) in [5.74, 6) is 0.577. The second-order valence-corrected chi connectivity index (χ2v) is 5.14. The standard InChI is InChI=1S/C12H8IN5O2/c13-7-4-14-5-15-10(7)16-8-3-1-2-6-9(8)12(20)18-17-11(6)19/h1-5H,(H,17,19)(H,18,20)(H,14,15,16). The fourth-order valence-corrected chi connectivity index (χ4v) is 2.30. The first kappa shape index (κ1) is 12.8. The number of aromatic nitrogens is 4. The Labute approximate surface area is 125 Å². The summed E-state index contributed by atoms with van der Waals surface area (Å²) in [6.45, 7) is 0. The van der Waals surface area contributed by atoms with E-state index in [1.807, 2.05) is 0 Å². The summed E-state index contributed by atoms with van der Waals surface area (Å²) in [5, 5.41) is 8.28. The lowest BCUT2D eigenvalue weighted by molar-refractivity contribution is 0.977. The van der Waals surface area contributed by atoms with Crippen molar-refractivity contribution < 1.29 is 0 Å². The number of H-pyrrole nitrogens is 2. The second kappa shape index (κ2) is 5.04. The number of hydrogen-bond donors (Lipinski definition) is 3. The molecule has 20 heavy (non-hydrogen) atoms. The van der Waals surface area contributed by atoms with Crippen LogP contribution in [0.4, 0.5) is 11.5 Å². The first-order valence-electron chi connectivity index (χ1n) is 5.63. The Balaban J connectivity index is 2.23. The number of fused-ring (bicyclic) bond motifs is 1. The van der Waals surface area contributed by atoms with Gasteiger partial charge in [0.1, 0.15) is 12.1 Å².